The van der Waals surface area contributed by atoms with Crippen LogP contribution in [0, 0.1) is 0 Å². The van der Waals surface area contributed by atoms with Gasteiger partial charge in [-0.1, -0.05) is 58.5 Å². The normalized spacial score (nSPS) is 10.8. The summed E-state index contributed by atoms with van der Waals surface area (Å²) >= 11 is 23.7. The zero-order valence-electron chi connectivity index (χ0n) is 15.0. The van der Waals surface area contributed by atoms with Crippen molar-refractivity contribution in [3.05, 3.63) is 97.4 Å². The molecule has 0 saturated heterocycles. The average molecular weight is 482 g/mol. The number of hydrogen-bond acceptors (Lipinski definition) is 4. The van der Waals surface area contributed by atoms with Crippen molar-refractivity contribution in [2.45, 2.75) is 0 Å². The number of carbonyl (C=O) groups is 2. The van der Waals surface area contributed by atoms with Crippen LogP contribution in [-0.4, -0.2) is 18.1 Å². The van der Waals surface area contributed by atoms with E-state index in [4.69, 9.17) is 51.1 Å². The van der Waals surface area contributed by atoms with E-state index in [1.807, 2.05) is 0 Å². The molecule has 3 rings (SSSR count). The van der Waals surface area contributed by atoms with E-state index in [0.717, 1.165) is 0 Å². The predicted octanol–water partition coefficient (Wildman–Crippen LogP) is 6.28. The minimum absolute atomic E-state index is 0.187. The zero-order chi connectivity index (χ0) is 21.7. The van der Waals surface area contributed by atoms with Gasteiger partial charge >= 0.3 is 5.97 Å². The Bertz CT molecular complexity index is 1150. The molecule has 0 aliphatic heterocycles. The van der Waals surface area contributed by atoms with E-state index in [1.54, 1.807) is 36.4 Å². The van der Waals surface area contributed by atoms with E-state index in [-0.39, 0.29) is 26.9 Å². The van der Waals surface area contributed by atoms with E-state index in [1.165, 1.54) is 30.5 Å². The lowest BCUT2D eigenvalue weighted by Gasteiger charge is -2.07. The Balaban J connectivity index is 1.66. The predicted molar refractivity (Wildman–Crippen MR) is 119 cm³/mol. The van der Waals surface area contributed by atoms with Gasteiger partial charge in [-0.25, -0.2) is 10.2 Å². The van der Waals surface area contributed by atoms with Crippen molar-refractivity contribution in [1.82, 2.24) is 5.43 Å². The molecule has 0 atom stereocenters. The molecule has 152 valence electrons. The molecular formula is C21H12Cl4N2O3. The lowest BCUT2D eigenvalue weighted by molar-refractivity contribution is 0.0734. The number of amides is 1. The Morgan fingerprint density at radius 1 is 0.833 bits per heavy atom. The minimum atomic E-state index is -0.628. The van der Waals surface area contributed by atoms with Gasteiger partial charge in [-0.15, -0.1) is 0 Å². The van der Waals surface area contributed by atoms with E-state index < -0.39 is 11.9 Å². The molecule has 0 radical (unpaired) electrons. The second kappa shape index (κ2) is 9.96. The lowest BCUT2D eigenvalue weighted by atomic mass is 10.2. The average Bonchev–Trinajstić information content (AvgIpc) is 2.68. The van der Waals surface area contributed by atoms with Crippen molar-refractivity contribution in [3.8, 4) is 5.75 Å². The maximum absolute atomic E-state index is 12.3. The van der Waals surface area contributed by atoms with Crippen LogP contribution in [0.5, 0.6) is 5.75 Å². The van der Waals surface area contributed by atoms with E-state index in [0.29, 0.717) is 15.6 Å². The molecule has 0 spiro atoms. The molecule has 30 heavy (non-hydrogen) atoms. The van der Waals surface area contributed by atoms with Gasteiger partial charge in [-0.05, 0) is 54.1 Å². The maximum atomic E-state index is 12.3. The zero-order valence-corrected chi connectivity index (χ0v) is 18.1. The van der Waals surface area contributed by atoms with Crippen LogP contribution < -0.4 is 10.2 Å². The summed E-state index contributed by atoms with van der Waals surface area (Å²) in [5.74, 6) is -0.841. The first-order chi connectivity index (χ1) is 14.3. The summed E-state index contributed by atoms with van der Waals surface area (Å²) in [5.41, 5.74) is 3.38. The standard InChI is InChI=1S/C21H12Cl4N2O3/c22-13-4-6-16(18(24)9-13)20(28)27-26-11-12-2-1-3-15(8-12)30-21(29)17-7-5-14(23)10-19(17)25/h1-11H,(H,27,28)/b26-11-. The number of nitrogens with one attached hydrogen (secondary N) is 1. The summed E-state index contributed by atoms with van der Waals surface area (Å²) < 4.78 is 5.34. The third kappa shape index (κ3) is 5.74. The Morgan fingerprint density at radius 3 is 2.10 bits per heavy atom. The van der Waals surface area contributed by atoms with Crippen LogP contribution >= 0.6 is 46.4 Å². The first-order valence-electron chi connectivity index (χ1n) is 8.39. The molecule has 0 aliphatic rings. The third-order valence-corrected chi connectivity index (χ3v) is 4.87. The van der Waals surface area contributed by atoms with Crippen LogP contribution in [0.2, 0.25) is 20.1 Å². The fourth-order valence-corrected chi connectivity index (χ4v) is 3.35. The van der Waals surface area contributed by atoms with Crippen LogP contribution in [0.25, 0.3) is 0 Å². The summed E-state index contributed by atoms with van der Waals surface area (Å²) in [6.07, 6.45) is 1.40. The van der Waals surface area contributed by atoms with Gasteiger partial charge < -0.3 is 4.74 Å². The minimum Gasteiger partial charge on any atom is -0.423 e. The highest BCUT2D eigenvalue weighted by atomic mass is 35.5. The summed E-state index contributed by atoms with van der Waals surface area (Å²) in [4.78, 5) is 24.5. The summed E-state index contributed by atoms with van der Waals surface area (Å²) in [6.45, 7) is 0. The Hall–Kier alpha value is -2.57. The Labute approximate surface area is 192 Å². The third-order valence-electron chi connectivity index (χ3n) is 3.78. The lowest BCUT2D eigenvalue weighted by Crippen LogP contribution is -2.18. The van der Waals surface area contributed by atoms with Crippen molar-refractivity contribution in [3.63, 3.8) is 0 Å². The molecule has 0 bridgehead atoms. The van der Waals surface area contributed by atoms with Gasteiger partial charge in [0, 0.05) is 10.0 Å². The first-order valence-corrected chi connectivity index (χ1v) is 9.90. The first kappa shape index (κ1) is 22.1. The maximum Gasteiger partial charge on any atom is 0.345 e. The number of ether oxygens (including phenoxy) is 1. The summed E-state index contributed by atoms with van der Waals surface area (Å²) in [5, 5.41) is 5.13. The van der Waals surface area contributed by atoms with Gasteiger partial charge in [0.1, 0.15) is 5.75 Å². The van der Waals surface area contributed by atoms with E-state index in [9.17, 15) is 9.59 Å². The molecule has 0 aromatic heterocycles. The summed E-state index contributed by atoms with van der Waals surface area (Å²) in [7, 11) is 0. The van der Waals surface area contributed by atoms with Crippen LogP contribution in [-0.2, 0) is 0 Å². The monoisotopic (exact) mass is 480 g/mol. The highest BCUT2D eigenvalue weighted by molar-refractivity contribution is 6.37. The van der Waals surface area contributed by atoms with Crippen molar-refractivity contribution < 1.29 is 14.3 Å². The molecule has 1 N–H and O–H groups in total. The molecule has 0 fully saturated rings. The molecule has 1 amide bonds. The van der Waals surface area contributed by atoms with E-state index in [2.05, 4.69) is 10.5 Å². The molecule has 0 heterocycles. The van der Waals surface area contributed by atoms with Gasteiger partial charge in [0.2, 0.25) is 0 Å². The molecule has 0 saturated carbocycles. The van der Waals surface area contributed by atoms with Gasteiger partial charge in [-0.3, -0.25) is 4.79 Å². The van der Waals surface area contributed by atoms with Crippen LogP contribution in [0.4, 0.5) is 0 Å². The quantitative estimate of drug-likeness (QED) is 0.201. The Morgan fingerprint density at radius 2 is 1.47 bits per heavy atom. The van der Waals surface area contributed by atoms with Crippen molar-refractivity contribution in [2.24, 2.45) is 5.10 Å². The topological polar surface area (TPSA) is 67.8 Å². The molecule has 0 unspecified atom stereocenters. The second-order valence-corrected chi connectivity index (χ2v) is 7.60. The number of halogens is 4. The number of nitrogens with zero attached hydrogens (tertiary/aromatic N) is 1. The van der Waals surface area contributed by atoms with Crippen LogP contribution in [0.3, 0.4) is 0 Å². The molecule has 3 aromatic rings. The second-order valence-electron chi connectivity index (χ2n) is 5.91. The van der Waals surface area contributed by atoms with Gasteiger partial charge in [0.15, 0.2) is 0 Å². The highest BCUT2D eigenvalue weighted by Gasteiger charge is 2.13. The highest BCUT2D eigenvalue weighted by Crippen LogP contribution is 2.23. The van der Waals surface area contributed by atoms with Crippen LogP contribution in [0.1, 0.15) is 26.3 Å². The number of hydrogen-bond donors (Lipinski definition) is 1. The fraction of sp³-hybridized carbons (Fsp3) is 0. The van der Waals surface area contributed by atoms with Crippen molar-refractivity contribution in [2.75, 3.05) is 0 Å². The molecular weight excluding hydrogens is 470 g/mol. The van der Waals surface area contributed by atoms with Crippen molar-refractivity contribution in [1.29, 1.82) is 0 Å². The SMILES string of the molecule is O=C(N/N=C\c1cccc(OC(=O)c2ccc(Cl)cc2Cl)c1)c1ccc(Cl)cc1Cl. The summed E-state index contributed by atoms with van der Waals surface area (Å²) in [6, 6.07) is 15.6. The largest absolute Gasteiger partial charge is 0.423 e. The van der Waals surface area contributed by atoms with Crippen molar-refractivity contribution >= 4 is 64.5 Å². The fourth-order valence-electron chi connectivity index (χ4n) is 2.37. The molecule has 9 heteroatoms. The Kier molecular flexibility index (Phi) is 7.34. The van der Waals surface area contributed by atoms with Gasteiger partial charge in [-0.2, -0.15) is 5.10 Å². The number of esters is 1. The number of carbonyl (C=O) groups excluding carboxylic acids is 2. The number of benzene rings is 3. The number of rotatable bonds is 5. The molecule has 0 aliphatic carbocycles. The van der Waals surface area contributed by atoms with E-state index >= 15 is 0 Å². The van der Waals surface area contributed by atoms with Gasteiger partial charge in [0.05, 0.1) is 27.4 Å². The molecule has 5 nitrogen and oxygen atoms in total. The van der Waals surface area contributed by atoms with Gasteiger partial charge in [0.25, 0.3) is 5.91 Å². The smallest absolute Gasteiger partial charge is 0.345 e. The van der Waals surface area contributed by atoms with Crippen LogP contribution in [0.15, 0.2) is 65.8 Å². The molecule has 3 aromatic carbocycles. The number of hydrazone groups is 1.